The Morgan fingerprint density at radius 2 is 1.79 bits per heavy atom. The van der Waals surface area contributed by atoms with Crippen LogP contribution in [0.2, 0.25) is 0 Å². The molecule has 1 aromatic carbocycles. The number of ether oxygens (including phenoxy) is 2. The summed E-state index contributed by atoms with van der Waals surface area (Å²) in [6.45, 7) is 3.81. The summed E-state index contributed by atoms with van der Waals surface area (Å²) in [6, 6.07) is 8.32. The molecule has 0 bridgehead atoms. The molecule has 2 fully saturated rings. The molecule has 1 atom stereocenters. The van der Waals surface area contributed by atoms with Gasteiger partial charge in [0.05, 0.1) is 18.7 Å². The van der Waals surface area contributed by atoms with Gasteiger partial charge in [0, 0.05) is 19.8 Å². The van der Waals surface area contributed by atoms with Gasteiger partial charge in [-0.25, -0.2) is 0 Å². The zero-order valence-corrected chi connectivity index (χ0v) is 18.2. The molecular formula is C20H33Cl2N3O3. The molecule has 28 heavy (non-hydrogen) atoms. The van der Waals surface area contributed by atoms with E-state index in [1.165, 1.54) is 24.8 Å². The lowest BCUT2D eigenvalue weighted by Crippen LogP contribution is -2.57. The number of halogens is 2. The summed E-state index contributed by atoms with van der Waals surface area (Å²) in [5.41, 5.74) is 6.72. The van der Waals surface area contributed by atoms with Crippen LogP contribution >= 0.6 is 24.8 Å². The Labute approximate surface area is 180 Å². The molecular weight excluding hydrogens is 401 g/mol. The molecule has 160 valence electrons. The van der Waals surface area contributed by atoms with Crippen molar-refractivity contribution in [1.29, 1.82) is 0 Å². The third kappa shape index (κ3) is 6.22. The fraction of sp³-hybridized carbons (Fsp3) is 0.650. The number of nitrogens with zero attached hydrogens (tertiary/aromatic N) is 1. The molecule has 8 heteroatoms. The van der Waals surface area contributed by atoms with Gasteiger partial charge in [-0.1, -0.05) is 18.6 Å². The molecule has 2 aliphatic heterocycles. The number of carbonyl (C=O) groups is 1. The van der Waals surface area contributed by atoms with Gasteiger partial charge in [0.25, 0.3) is 0 Å². The largest absolute Gasteiger partial charge is 0.497 e. The van der Waals surface area contributed by atoms with E-state index in [1.807, 2.05) is 12.1 Å². The monoisotopic (exact) mass is 433 g/mol. The minimum Gasteiger partial charge on any atom is -0.497 e. The van der Waals surface area contributed by atoms with Crippen molar-refractivity contribution in [3.8, 4) is 5.75 Å². The summed E-state index contributed by atoms with van der Waals surface area (Å²) in [5, 5.41) is 3.12. The van der Waals surface area contributed by atoms with Gasteiger partial charge < -0.3 is 20.5 Å². The number of nitrogens with two attached hydrogens (primary N) is 1. The number of hydrogen-bond donors (Lipinski definition) is 2. The third-order valence-electron chi connectivity index (χ3n) is 5.63. The minimum atomic E-state index is -0.801. The Kier molecular flexibility index (Phi) is 10.6. The van der Waals surface area contributed by atoms with Crippen LogP contribution in [-0.4, -0.2) is 56.3 Å². The van der Waals surface area contributed by atoms with Gasteiger partial charge in [-0.05, 0) is 56.5 Å². The average Bonchev–Trinajstić information content (AvgIpc) is 2.70. The van der Waals surface area contributed by atoms with E-state index < -0.39 is 5.54 Å². The van der Waals surface area contributed by atoms with Crippen molar-refractivity contribution >= 4 is 30.7 Å². The second kappa shape index (κ2) is 11.8. The highest BCUT2D eigenvalue weighted by atomic mass is 35.5. The SMILES string of the molecule is COc1ccc(C(CNC(=O)C2(N)CCOCC2)N2CCCCC2)cc1.Cl.Cl. The maximum absolute atomic E-state index is 12.7. The maximum atomic E-state index is 12.7. The number of methoxy groups -OCH3 is 1. The standard InChI is InChI=1S/C20H31N3O3.2ClH/c1-25-17-7-5-16(6-8-17)18(23-11-3-2-4-12-23)15-22-19(24)20(21)9-13-26-14-10-20;;/h5-8,18H,2-4,9-15,21H2,1H3,(H,22,24);2*1H. The van der Waals surface area contributed by atoms with Crippen LogP contribution in [0.5, 0.6) is 5.75 Å². The molecule has 2 aliphatic rings. The van der Waals surface area contributed by atoms with Crippen LogP contribution in [0.15, 0.2) is 24.3 Å². The summed E-state index contributed by atoms with van der Waals surface area (Å²) in [5.74, 6) is 0.787. The van der Waals surface area contributed by atoms with Crippen molar-refractivity contribution in [1.82, 2.24) is 10.2 Å². The Hall–Kier alpha value is -1.05. The highest BCUT2D eigenvalue weighted by Crippen LogP contribution is 2.26. The lowest BCUT2D eigenvalue weighted by molar-refractivity contribution is -0.130. The lowest BCUT2D eigenvalue weighted by atomic mass is 9.90. The van der Waals surface area contributed by atoms with E-state index >= 15 is 0 Å². The first kappa shape index (κ1) is 25.0. The summed E-state index contributed by atoms with van der Waals surface area (Å²) < 4.78 is 10.6. The first-order valence-corrected chi connectivity index (χ1v) is 9.65. The smallest absolute Gasteiger partial charge is 0.240 e. The molecule has 0 aliphatic carbocycles. The normalized spacial score (nSPS) is 20.2. The van der Waals surface area contributed by atoms with E-state index in [1.54, 1.807) is 7.11 Å². The number of hydrogen-bond acceptors (Lipinski definition) is 5. The summed E-state index contributed by atoms with van der Waals surface area (Å²) >= 11 is 0. The van der Waals surface area contributed by atoms with E-state index in [-0.39, 0.29) is 36.8 Å². The van der Waals surface area contributed by atoms with Crippen molar-refractivity contribution in [2.45, 2.75) is 43.7 Å². The zero-order chi connectivity index (χ0) is 18.4. The number of rotatable bonds is 6. The lowest BCUT2D eigenvalue weighted by Gasteiger charge is -2.37. The molecule has 0 saturated carbocycles. The molecule has 1 aromatic rings. The van der Waals surface area contributed by atoms with E-state index in [4.69, 9.17) is 15.2 Å². The number of likely N-dealkylation sites (tertiary alicyclic amines) is 1. The molecule has 2 heterocycles. The van der Waals surface area contributed by atoms with E-state index in [9.17, 15) is 4.79 Å². The molecule has 0 aromatic heterocycles. The van der Waals surface area contributed by atoms with E-state index in [2.05, 4.69) is 22.3 Å². The van der Waals surface area contributed by atoms with Crippen LogP contribution in [-0.2, 0) is 9.53 Å². The topological polar surface area (TPSA) is 76.8 Å². The second-order valence-corrected chi connectivity index (χ2v) is 7.36. The first-order valence-electron chi connectivity index (χ1n) is 9.65. The zero-order valence-electron chi connectivity index (χ0n) is 16.5. The van der Waals surface area contributed by atoms with Crippen LogP contribution in [0.3, 0.4) is 0 Å². The summed E-state index contributed by atoms with van der Waals surface area (Å²) in [7, 11) is 1.67. The number of nitrogens with one attached hydrogen (secondary N) is 1. The quantitative estimate of drug-likeness (QED) is 0.720. The van der Waals surface area contributed by atoms with Crippen molar-refractivity contribution in [3.05, 3.63) is 29.8 Å². The van der Waals surface area contributed by atoms with Crippen LogP contribution < -0.4 is 15.8 Å². The summed E-state index contributed by atoms with van der Waals surface area (Å²) in [6.07, 6.45) is 4.85. The molecule has 3 N–H and O–H groups in total. The molecule has 2 saturated heterocycles. The van der Waals surface area contributed by atoms with Crippen molar-refractivity contribution in [2.75, 3.05) is 40.0 Å². The number of amides is 1. The van der Waals surface area contributed by atoms with Gasteiger partial charge in [0.15, 0.2) is 0 Å². The van der Waals surface area contributed by atoms with Gasteiger partial charge in [-0.2, -0.15) is 0 Å². The fourth-order valence-corrected chi connectivity index (χ4v) is 3.84. The molecule has 6 nitrogen and oxygen atoms in total. The molecule has 0 radical (unpaired) electrons. The number of carbonyl (C=O) groups excluding carboxylic acids is 1. The second-order valence-electron chi connectivity index (χ2n) is 7.36. The number of benzene rings is 1. The number of piperidine rings is 1. The highest BCUT2D eigenvalue weighted by Gasteiger charge is 2.36. The minimum absolute atomic E-state index is 0. The van der Waals surface area contributed by atoms with Crippen LogP contribution in [0.25, 0.3) is 0 Å². The van der Waals surface area contributed by atoms with Crippen molar-refractivity contribution in [3.63, 3.8) is 0 Å². The first-order chi connectivity index (χ1) is 12.6. The summed E-state index contributed by atoms with van der Waals surface area (Å²) in [4.78, 5) is 15.2. The Balaban J connectivity index is 0.00000196. The fourth-order valence-electron chi connectivity index (χ4n) is 3.84. The predicted molar refractivity (Wildman–Crippen MR) is 116 cm³/mol. The van der Waals surface area contributed by atoms with Gasteiger partial charge in [0.2, 0.25) is 5.91 Å². The molecule has 0 spiro atoms. The maximum Gasteiger partial charge on any atom is 0.240 e. The molecule has 1 unspecified atom stereocenters. The van der Waals surface area contributed by atoms with Gasteiger partial charge in [-0.15, -0.1) is 24.8 Å². The van der Waals surface area contributed by atoms with Crippen LogP contribution in [0.4, 0.5) is 0 Å². The average molecular weight is 434 g/mol. The van der Waals surface area contributed by atoms with E-state index in [0.717, 1.165) is 18.8 Å². The molecule has 3 rings (SSSR count). The Bertz CT molecular complexity index is 589. The van der Waals surface area contributed by atoms with Gasteiger partial charge in [-0.3, -0.25) is 9.69 Å². The van der Waals surface area contributed by atoms with Crippen LogP contribution in [0.1, 0.15) is 43.7 Å². The van der Waals surface area contributed by atoms with E-state index in [0.29, 0.717) is 32.6 Å². The van der Waals surface area contributed by atoms with Crippen molar-refractivity contribution < 1.29 is 14.3 Å². The Morgan fingerprint density at radius 1 is 1.18 bits per heavy atom. The highest BCUT2D eigenvalue weighted by molar-refractivity contribution is 5.86. The van der Waals surface area contributed by atoms with Gasteiger partial charge in [0.1, 0.15) is 5.75 Å². The third-order valence-corrected chi connectivity index (χ3v) is 5.63. The Morgan fingerprint density at radius 3 is 2.36 bits per heavy atom. The molecule has 1 amide bonds. The van der Waals surface area contributed by atoms with Gasteiger partial charge >= 0.3 is 0 Å². The van der Waals surface area contributed by atoms with Crippen molar-refractivity contribution in [2.24, 2.45) is 5.73 Å². The predicted octanol–water partition coefficient (Wildman–Crippen LogP) is 2.69. The van der Waals surface area contributed by atoms with Crippen LogP contribution in [0, 0.1) is 0 Å².